The van der Waals surface area contributed by atoms with E-state index in [9.17, 15) is 8.42 Å². The molecule has 0 radical (unpaired) electrons. The lowest BCUT2D eigenvalue weighted by Gasteiger charge is -2.35. The minimum Gasteiger partial charge on any atom is -0.486 e. The Hall–Kier alpha value is -2.13. The molecule has 3 heterocycles. The fraction of sp³-hybridized carbons (Fsp3) is 0.500. The first-order chi connectivity index (χ1) is 12.1. The summed E-state index contributed by atoms with van der Waals surface area (Å²) in [5, 5.41) is 0.888. The summed E-state index contributed by atoms with van der Waals surface area (Å²) >= 11 is 0. The summed E-state index contributed by atoms with van der Waals surface area (Å²) in [6.45, 7) is 4.85. The van der Waals surface area contributed by atoms with E-state index in [1.807, 2.05) is 12.1 Å². The maximum Gasteiger partial charge on any atom is 0.213 e. The average molecular weight is 364 g/mol. The van der Waals surface area contributed by atoms with Gasteiger partial charge in [-0.2, -0.15) is 4.31 Å². The lowest BCUT2D eigenvalue weighted by atomic mass is 10.2. The van der Waals surface area contributed by atoms with Crippen molar-refractivity contribution < 1.29 is 17.9 Å². The predicted octanol–water partition coefficient (Wildman–Crippen LogP) is 0.873. The monoisotopic (exact) mass is 364 g/mol. The van der Waals surface area contributed by atoms with Gasteiger partial charge in [0.15, 0.2) is 11.5 Å². The van der Waals surface area contributed by atoms with Crippen molar-refractivity contribution >= 4 is 26.7 Å². The summed E-state index contributed by atoms with van der Waals surface area (Å²) in [6.07, 6.45) is 1.53. The Morgan fingerprint density at radius 2 is 1.72 bits per heavy atom. The third-order valence-electron chi connectivity index (χ3n) is 4.57. The Morgan fingerprint density at radius 3 is 2.40 bits per heavy atom. The molecule has 0 atom stereocenters. The fourth-order valence-electron chi connectivity index (χ4n) is 3.19. The van der Waals surface area contributed by atoms with Gasteiger partial charge in [0.05, 0.1) is 11.3 Å². The van der Waals surface area contributed by atoms with Crippen LogP contribution in [0.3, 0.4) is 0 Å². The quantitative estimate of drug-likeness (QED) is 0.799. The van der Waals surface area contributed by atoms with Gasteiger partial charge in [0.1, 0.15) is 25.4 Å². The number of fused-ring (bicyclic) bond motifs is 2. The normalized spacial score (nSPS) is 18.5. The maximum absolute atomic E-state index is 12.0. The molecule has 2 aliphatic rings. The van der Waals surface area contributed by atoms with E-state index in [0.29, 0.717) is 50.9 Å². The van der Waals surface area contributed by atoms with Crippen molar-refractivity contribution in [1.29, 1.82) is 0 Å². The molecular formula is C16H20N4O4S. The van der Waals surface area contributed by atoms with Crippen LogP contribution in [0, 0.1) is 0 Å². The highest BCUT2D eigenvalue weighted by atomic mass is 32.2. The molecule has 0 spiro atoms. The van der Waals surface area contributed by atoms with Gasteiger partial charge in [-0.1, -0.05) is 0 Å². The molecule has 134 valence electrons. The predicted molar refractivity (Wildman–Crippen MR) is 93.8 cm³/mol. The molecule has 1 fully saturated rings. The van der Waals surface area contributed by atoms with Crippen LogP contribution in [-0.2, 0) is 10.0 Å². The van der Waals surface area contributed by atoms with Crippen LogP contribution < -0.4 is 14.4 Å². The smallest absolute Gasteiger partial charge is 0.213 e. The lowest BCUT2D eigenvalue weighted by Crippen LogP contribution is -2.49. The van der Waals surface area contributed by atoms with Crippen LogP contribution in [0.1, 0.15) is 6.92 Å². The van der Waals surface area contributed by atoms with Crippen molar-refractivity contribution in [1.82, 2.24) is 14.3 Å². The molecule has 0 amide bonds. The number of nitrogens with zero attached hydrogens (tertiary/aromatic N) is 4. The Balaban J connectivity index is 1.64. The molecule has 0 unspecified atom stereocenters. The molecule has 9 heteroatoms. The van der Waals surface area contributed by atoms with Gasteiger partial charge in [0.2, 0.25) is 10.0 Å². The van der Waals surface area contributed by atoms with Gasteiger partial charge in [0.25, 0.3) is 0 Å². The van der Waals surface area contributed by atoms with E-state index in [-0.39, 0.29) is 5.75 Å². The standard InChI is InChI=1S/C16H20N4O4S/c1-2-25(21,22)20-5-3-19(4-6-20)16-12-9-14-15(24-8-7-23-14)10-13(12)17-11-18-16/h9-11H,2-8H2,1H3. The van der Waals surface area contributed by atoms with Crippen molar-refractivity contribution in [2.45, 2.75) is 6.92 Å². The summed E-state index contributed by atoms with van der Waals surface area (Å²) in [5.74, 6) is 2.33. The summed E-state index contributed by atoms with van der Waals surface area (Å²) < 4.78 is 36.9. The molecule has 0 saturated carbocycles. The number of rotatable bonds is 3. The molecule has 0 N–H and O–H groups in total. The zero-order valence-electron chi connectivity index (χ0n) is 14.0. The Kier molecular flexibility index (Phi) is 4.12. The second-order valence-corrected chi connectivity index (χ2v) is 8.25. The first kappa shape index (κ1) is 16.3. The molecule has 0 aliphatic carbocycles. The van der Waals surface area contributed by atoms with Crippen molar-refractivity contribution in [2.24, 2.45) is 0 Å². The number of hydrogen-bond acceptors (Lipinski definition) is 7. The molecular weight excluding hydrogens is 344 g/mol. The third kappa shape index (κ3) is 2.98. The molecule has 2 aromatic rings. The zero-order chi connectivity index (χ0) is 17.4. The fourth-order valence-corrected chi connectivity index (χ4v) is 4.28. The van der Waals surface area contributed by atoms with Gasteiger partial charge in [-0.3, -0.25) is 0 Å². The molecule has 25 heavy (non-hydrogen) atoms. The third-order valence-corrected chi connectivity index (χ3v) is 6.46. The second kappa shape index (κ2) is 6.30. The molecule has 2 aliphatic heterocycles. The molecule has 1 aromatic heterocycles. The van der Waals surface area contributed by atoms with E-state index in [0.717, 1.165) is 16.7 Å². The van der Waals surface area contributed by atoms with Crippen LogP contribution in [0.15, 0.2) is 18.5 Å². The highest BCUT2D eigenvalue weighted by Gasteiger charge is 2.27. The largest absolute Gasteiger partial charge is 0.486 e. The number of ether oxygens (including phenoxy) is 2. The van der Waals surface area contributed by atoms with E-state index in [4.69, 9.17) is 9.47 Å². The van der Waals surface area contributed by atoms with Crippen molar-refractivity contribution in [2.75, 3.05) is 50.0 Å². The number of hydrogen-bond donors (Lipinski definition) is 0. The number of sulfonamides is 1. The van der Waals surface area contributed by atoms with E-state index >= 15 is 0 Å². The highest BCUT2D eigenvalue weighted by molar-refractivity contribution is 7.89. The highest BCUT2D eigenvalue weighted by Crippen LogP contribution is 2.36. The van der Waals surface area contributed by atoms with E-state index < -0.39 is 10.0 Å². The van der Waals surface area contributed by atoms with Crippen LogP contribution in [0.4, 0.5) is 5.82 Å². The average Bonchev–Trinajstić information content (AvgIpc) is 2.66. The van der Waals surface area contributed by atoms with E-state index in [2.05, 4.69) is 14.9 Å². The van der Waals surface area contributed by atoms with Crippen LogP contribution in [0.2, 0.25) is 0 Å². The summed E-state index contributed by atoms with van der Waals surface area (Å²) in [5.41, 5.74) is 0.790. The first-order valence-corrected chi connectivity index (χ1v) is 9.96. The van der Waals surface area contributed by atoms with Crippen LogP contribution >= 0.6 is 0 Å². The summed E-state index contributed by atoms with van der Waals surface area (Å²) in [6, 6.07) is 3.78. The van der Waals surface area contributed by atoms with Gasteiger partial charge in [-0.05, 0) is 13.0 Å². The SMILES string of the molecule is CCS(=O)(=O)N1CCN(c2ncnc3cc4c(cc23)OCCO4)CC1. The summed E-state index contributed by atoms with van der Waals surface area (Å²) in [7, 11) is -3.14. The maximum atomic E-state index is 12.0. The minimum absolute atomic E-state index is 0.132. The van der Waals surface area contributed by atoms with Gasteiger partial charge in [0, 0.05) is 37.6 Å². The zero-order valence-corrected chi connectivity index (χ0v) is 14.8. The van der Waals surface area contributed by atoms with Crippen LogP contribution in [0.25, 0.3) is 10.9 Å². The topological polar surface area (TPSA) is 84.9 Å². The lowest BCUT2D eigenvalue weighted by molar-refractivity contribution is 0.172. The van der Waals surface area contributed by atoms with E-state index in [1.54, 1.807) is 11.2 Å². The Morgan fingerprint density at radius 1 is 1.04 bits per heavy atom. The Labute approximate surface area is 146 Å². The van der Waals surface area contributed by atoms with Gasteiger partial charge < -0.3 is 14.4 Å². The first-order valence-electron chi connectivity index (χ1n) is 8.35. The summed E-state index contributed by atoms with van der Waals surface area (Å²) in [4.78, 5) is 10.9. The van der Waals surface area contributed by atoms with Crippen LogP contribution in [-0.4, -0.2) is 67.8 Å². The number of piperazine rings is 1. The molecule has 1 aromatic carbocycles. The minimum atomic E-state index is -3.14. The van der Waals surface area contributed by atoms with Crippen molar-refractivity contribution in [3.8, 4) is 11.5 Å². The van der Waals surface area contributed by atoms with Gasteiger partial charge in [-0.15, -0.1) is 0 Å². The van der Waals surface area contributed by atoms with E-state index in [1.165, 1.54) is 6.33 Å². The molecule has 0 bridgehead atoms. The van der Waals surface area contributed by atoms with Crippen molar-refractivity contribution in [3.63, 3.8) is 0 Å². The Bertz CT molecular complexity index is 894. The van der Waals surface area contributed by atoms with Gasteiger partial charge in [-0.25, -0.2) is 18.4 Å². The molecule has 1 saturated heterocycles. The molecule has 8 nitrogen and oxygen atoms in total. The van der Waals surface area contributed by atoms with Crippen LogP contribution in [0.5, 0.6) is 11.5 Å². The number of aromatic nitrogens is 2. The number of benzene rings is 1. The van der Waals surface area contributed by atoms with Crippen molar-refractivity contribution in [3.05, 3.63) is 18.5 Å². The number of anilines is 1. The molecule has 4 rings (SSSR count). The van der Waals surface area contributed by atoms with Gasteiger partial charge >= 0.3 is 0 Å². The second-order valence-electron chi connectivity index (χ2n) is 6.00.